The molecule has 0 aromatic rings. The second-order valence-electron chi connectivity index (χ2n) is 2.72. The van der Waals surface area contributed by atoms with Crippen LogP contribution >= 0.6 is 0 Å². The molecule has 0 amide bonds. The number of aliphatic imine (C=N–C) groups is 1. The number of carbonyl (C=O) groups excluding carboxylic acids is 1. The van der Waals surface area contributed by atoms with E-state index in [1.807, 2.05) is 13.8 Å². The van der Waals surface area contributed by atoms with Crippen LogP contribution in [0.15, 0.2) is 4.99 Å². The number of hydrogen-bond donors (Lipinski definition) is 0. The highest BCUT2D eigenvalue weighted by molar-refractivity contribution is 6.69. The Bertz CT molecular complexity index is 180. The molecule has 0 heterocycles. The summed E-state index contributed by atoms with van der Waals surface area (Å²) in [5.74, 6) is 0. The highest BCUT2D eigenvalue weighted by Gasteiger charge is 2.42. The number of rotatable bonds is 6. The van der Waals surface area contributed by atoms with E-state index in [1.165, 1.54) is 0 Å². The average Bonchev–Trinajstić information content (AvgIpc) is 2.19. The van der Waals surface area contributed by atoms with Crippen molar-refractivity contribution in [2.75, 3.05) is 14.2 Å². The number of nitrogens with zero attached hydrogens (tertiary/aromatic N) is 1. The van der Waals surface area contributed by atoms with E-state index in [0.717, 1.165) is 12.5 Å². The lowest BCUT2D eigenvalue weighted by Crippen LogP contribution is -2.50. The summed E-state index contributed by atoms with van der Waals surface area (Å²) in [5, 5.41) is 0. The first-order chi connectivity index (χ1) is 6.20. The van der Waals surface area contributed by atoms with Crippen LogP contribution in [0.5, 0.6) is 0 Å². The fourth-order valence-corrected chi connectivity index (χ4v) is 4.07. The Hall–Kier alpha value is -0.483. The fraction of sp³-hybridized carbons (Fsp3) is 0.875. The van der Waals surface area contributed by atoms with E-state index < -0.39 is 8.56 Å². The molecule has 0 rings (SSSR count). The van der Waals surface area contributed by atoms with Crippen LogP contribution in [0.4, 0.5) is 0 Å². The second kappa shape index (κ2) is 6.04. The van der Waals surface area contributed by atoms with E-state index in [0.29, 0.717) is 0 Å². The normalized spacial score (nSPS) is 13.5. The van der Waals surface area contributed by atoms with E-state index in [2.05, 4.69) is 4.99 Å². The van der Waals surface area contributed by atoms with Gasteiger partial charge in [0.25, 0.3) is 0 Å². The summed E-state index contributed by atoms with van der Waals surface area (Å²) in [6.45, 7) is 3.95. The summed E-state index contributed by atoms with van der Waals surface area (Å²) in [7, 11) is 0.930. The molecule has 0 saturated carbocycles. The molecule has 0 aromatic carbocycles. The third-order valence-electron chi connectivity index (χ3n) is 2.29. The molecule has 76 valence electrons. The molecule has 0 aliphatic carbocycles. The summed E-state index contributed by atoms with van der Waals surface area (Å²) in [5.41, 5.74) is -0.148. The minimum Gasteiger partial charge on any atom is -0.396 e. The van der Waals surface area contributed by atoms with Crippen molar-refractivity contribution in [3.63, 3.8) is 0 Å². The van der Waals surface area contributed by atoms with Crippen LogP contribution in [0, 0.1) is 0 Å². The Kier molecular flexibility index (Phi) is 5.82. The summed E-state index contributed by atoms with van der Waals surface area (Å²) in [6.07, 6.45) is 2.32. The Morgan fingerprint density at radius 1 is 1.38 bits per heavy atom. The van der Waals surface area contributed by atoms with Gasteiger partial charge in [-0.05, 0) is 12.5 Å². The van der Waals surface area contributed by atoms with E-state index in [-0.39, 0.29) is 5.67 Å². The predicted molar refractivity (Wildman–Crippen MR) is 52.5 cm³/mol. The summed E-state index contributed by atoms with van der Waals surface area (Å²) >= 11 is 0. The molecule has 5 heteroatoms. The molecule has 13 heavy (non-hydrogen) atoms. The van der Waals surface area contributed by atoms with Gasteiger partial charge in [0.1, 0.15) is 5.67 Å². The lowest BCUT2D eigenvalue weighted by Gasteiger charge is -2.30. The van der Waals surface area contributed by atoms with Crippen LogP contribution in [0.25, 0.3) is 0 Å². The van der Waals surface area contributed by atoms with Crippen LogP contribution in [0.3, 0.4) is 0 Å². The van der Waals surface area contributed by atoms with Crippen molar-refractivity contribution in [1.29, 1.82) is 0 Å². The molecule has 0 N–H and O–H groups in total. The number of isocyanates is 1. The summed E-state index contributed by atoms with van der Waals surface area (Å²) in [6, 6.07) is 0.781. The Morgan fingerprint density at radius 2 is 1.92 bits per heavy atom. The Balaban J connectivity index is 4.75. The van der Waals surface area contributed by atoms with Gasteiger partial charge in [0.15, 0.2) is 0 Å². The molecular formula is C8H17NO3Si. The van der Waals surface area contributed by atoms with Crippen molar-refractivity contribution in [2.24, 2.45) is 4.99 Å². The van der Waals surface area contributed by atoms with Gasteiger partial charge in [-0.15, -0.1) is 0 Å². The molecule has 1 unspecified atom stereocenters. The highest BCUT2D eigenvalue weighted by Crippen LogP contribution is 2.20. The van der Waals surface area contributed by atoms with E-state index in [1.54, 1.807) is 20.3 Å². The van der Waals surface area contributed by atoms with Gasteiger partial charge in [-0.1, -0.05) is 13.8 Å². The quantitative estimate of drug-likeness (QED) is 0.372. The molecular weight excluding hydrogens is 186 g/mol. The topological polar surface area (TPSA) is 47.9 Å². The van der Waals surface area contributed by atoms with Crippen LogP contribution in [0.1, 0.15) is 20.3 Å². The molecule has 4 nitrogen and oxygen atoms in total. The van der Waals surface area contributed by atoms with Gasteiger partial charge in [0.05, 0.1) is 0 Å². The van der Waals surface area contributed by atoms with E-state index in [9.17, 15) is 4.79 Å². The van der Waals surface area contributed by atoms with Crippen molar-refractivity contribution in [1.82, 2.24) is 0 Å². The Morgan fingerprint density at radius 3 is 2.15 bits per heavy atom. The van der Waals surface area contributed by atoms with Crippen molar-refractivity contribution in [2.45, 2.75) is 32.0 Å². The van der Waals surface area contributed by atoms with E-state index >= 15 is 0 Å². The zero-order valence-corrected chi connectivity index (χ0v) is 9.66. The van der Waals surface area contributed by atoms with E-state index in [4.69, 9.17) is 8.85 Å². The molecule has 0 aliphatic heterocycles. The van der Waals surface area contributed by atoms with Crippen molar-refractivity contribution >= 4 is 14.6 Å². The monoisotopic (exact) mass is 203 g/mol. The van der Waals surface area contributed by atoms with Crippen LogP contribution in [-0.4, -0.2) is 34.5 Å². The third kappa shape index (κ3) is 2.74. The Labute approximate surface area is 80.2 Å². The number of hydrogen-bond acceptors (Lipinski definition) is 4. The van der Waals surface area contributed by atoms with Gasteiger partial charge in [-0.2, -0.15) is 0 Å². The van der Waals surface area contributed by atoms with Crippen LogP contribution in [-0.2, 0) is 13.6 Å². The van der Waals surface area contributed by atoms with Gasteiger partial charge in [0.2, 0.25) is 6.08 Å². The van der Waals surface area contributed by atoms with Gasteiger partial charge >= 0.3 is 8.56 Å². The minimum atomic E-state index is -2.30. The maximum atomic E-state index is 10.2. The first-order valence-electron chi connectivity index (χ1n) is 4.38. The van der Waals surface area contributed by atoms with Crippen molar-refractivity contribution in [3.8, 4) is 0 Å². The molecule has 0 radical (unpaired) electrons. The van der Waals surface area contributed by atoms with Gasteiger partial charge in [-0.3, -0.25) is 0 Å². The molecule has 0 fully saturated rings. The summed E-state index contributed by atoms with van der Waals surface area (Å²) in [4.78, 5) is 13.9. The van der Waals surface area contributed by atoms with Crippen molar-refractivity contribution < 1.29 is 13.6 Å². The fourth-order valence-electron chi connectivity index (χ4n) is 1.44. The molecule has 0 aromatic heterocycles. The first kappa shape index (κ1) is 12.5. The van der Waals surface area contributed by atoms with Crippen LogP contribution in [0.2, 0.25) is 6.04 Å². The lowest BCUT2D eigenvalue weighted by molar-refractivity contribution is 0.230. The zero-order valence-electron chi connectivity index (χ0n) is 8.66. The molecule has 0 saturated heterocycles. The molecule has 0 aliphatic rings. The largest absolute Gasteiger partial charge is 0.396 e. The van der Waals surface area contributed by atoms with Crippen molar-refractivity contribution in [3.05, 3.63) is 0 Å². The smallest absolute Gasteiger partial charge is 0.363 e. The maximum absolute atomic E-state index is 10.2. The molecule has 1 atom stereocenters. The average molecular weight is 203 g/mol. The summed E-state index contributed by atoms with van der Waals surface area (Å²) < 4.78 is 10.8. The van der Waals surface area contributed by atoms with Gasteiger partial charge < -0.3 is 8.85 Å². The predicted octanol–water partition coefficient (Wildman–Crippen LogP) is 1.39. The maximum Gasteiger partial charge on any atom is 0.363 e. The van der Waals surface area contributed by atoms with Gasteiger partial charge in [0, 0.05) is 14.2 Å². The first-order valence-corrected chi connectivity index (χ1v) is 6.48. The zero-order chi connectivity index (χ0) is 10.3. The molecule has 0 spiro atoms. The standard InChI is InChI=1S/C8H17NO3Si/c1-5-8(9-7-10)13(6-2,11-3)12-4/h8H,5-6H2,1-4H3. The second-order valence-corrected chi connectivity index (χ2v) is 6.53. The molecule has 0 bridgehead atoms. The van der Waals surface area contributed by atoms with Crippen LogP contribution < -0.4 is 0 Å². The third-order valence-corrected chi connectivity index (χ3v) is 6.21. The lowest BCUT2D eigenvalue weighted by atomic mass is 10.5. The minimum absolute atomic E-state index is 0.148. The highest BCUT2D eigenvalue weighted by atomic mass is 28.4. The SMILES string of the molecule is CCC(N=C=O)[Si](CC)(OC)OC. The van der Waals surface area contributed by atoms with Gasteiger partial charge in [-0.25, -0.2) is 9.79 Å².